The van der Waals surface area contributed by atoms with Crippen LogP contribution in [0, 0.1) is 5.92 Å². The summed E-state index contributed by atoms with van der Waals surface area (Å²) in [6.07, 6.45) is -5.36. The number of nitrogens with one attached hydrogen (secondary N) is 1. The van der Waals surface area contributed by atoms with Crippen molar-refractivity contribution in [3.63, 3.8) is 0 Å². The average Bonchev–Trinajstić information content (AvgIpc) is 2.67. The molecule has 0 aromatic rings. The molecule has 0 unspecified atom stereocenters. The summed E-state index contributed by atoms with van der Waals surface area (Å²) in [6, 6.07) is 0. The fraction of sp³-hybridized carbons (Fsp3) is 0.875. The Morgan fingerprint density at radius 3 is 2.26 bits per heavy atom. The molecule has 1 fully saturated rings. The molecule has 0 aromatic heterocycles. The Morgan fingerprint density at radius 2 is 1.70 bits per heavy atom. The number of aliphatic hydroxyl groups is 5. The molecule has 2 amide bonds. The van der Waals surface area contributed by atoms with Crippen molar-refractivity contribution in [2.24, 2.45) is 11.7 Å². The van der Waals surface area contributed by atoms with Crippen molar-refractivity contribution in [1.82, 2.24) is 10.2 Å². The van der Waals surface area contributed by atoms with Crippen molar-refractivity contribution < 1.29 is 39.9 Å². The van der Waals surface area contributed by atoms with Crippen LogP contribution in [-0.2, 0) is 9.53 Å². The van der Waals surface area contributed by atoms with Gasteiger partial charge in [-0.25, -0.2) is 4.79 Å². The van der Waals surface area contributed by atoms with Crippen LogP contribution in [0.2, 0.25) is 0 Å². The molecule has 0 saturated carbocycles. The number of rotatable bonds is 11. The van der Waals surface area contributed by atoms with Crippen LogP contribution in [0.3, 0.4) is 0 Å². The van der Waals surface area contributed by atoms with Gasteiger partial charge in [0, 0.05) is 32.6 Å². The Morgan fingerprint density at radius 1 is 1.11 bits per heavy atom. The Balaban J connectivity index is 2.19. The lowest BCUT2D eigenvalue weighted by Crippen LogP contribution is -2.49. The van der Waals surface area contributed by atoms with Gasteiger partial charge < -0.3 is 46.2 Å². The fourth-order valence-electron chi connectivity index (χ4n) is 2.84. The predicted molar refractivity (Wildman–Crippen MR) is 93.4 cm³/mol. The van der Waals surface area contributed by atoms with Crippen LogP contribution in [-0.4, -0.2) is 106 Å². The highest BCUT2D eigenvalue weighted by molar-refractivity contribution is 5.76. The molecule has 0 aliphatic carbocycles. The number of piperidine rings is 1. The van der Waals surface area contributed by atoms with Gasteiger partial charge in [-0.2, -0.15) is 0 Å². The Kier molecular flexibility index (Phi) is 10.5. The van der Waals surface area contributed by atoms with E-state index in [-0.39, 0.29) is 37.9 Å². The molecule has 0 spiro atoms. The number of carbonyl (C=O) groups excluding carboxylic acids is 2. The molecule has 4 atom stereocenters. The number of ether oxygens (including phenoxy) is 1. The highest BCUT2D eigenvalue weighted by Crippen LogP contribution is 2.18. The molecule has 0 aromatic carbocycles. The third-order valence-electron chi connectivity index (χ3n) is 4.62. The second-order valence-electron chi connectivity index (χ2n) is 6.71. The Bertz CT molecular complexity index is 459. The first-order valence-electron chi connectivity index (χ1n) is 9.00. The van der Waals surface area contributed by atoms with Gasteiger partial charge in [0.15, 0.2) is 0 Å². The zero-order valence-corrected chi connectivity index (χ0v) is 15.2. The van der Waals surface area contributed by atoms with Crippen molar-refractivity contribution in [3.05, 3.63) is 0 Å². The number of aliphatic hydroxyl groups excluding tert-OH is 5. The minimum absolute atomic E-state index is 0.0532. The summed E-state index contributed by atoms with van der Waals surface area (Å²) < 4.78 is 4.77. The summed E-state index contributed by atoms with van der Waals surface area (Å²) in [4.78, 5) is 24.5. The average molecular weight is 393 g/mol. The minimum atomic E-state index is -1.67. The number of likely N-dealkylation sites (tertiary alicyclic amines) is 1. The molecule has 11 heteroatoms. The first kappa shape index (κ1) is 23.5. The molecule has 1 aliphatic rings. The van der Waals surface area contributed by atoms with E-state index < -0.39 is 37.1 Å². The van der Waals surface area contributed by atoms with E-state index in [2.05, 4.69) is 5.32 Å². The lowest BCUT2D eigenvalue weighted by atomic mass is 9.97. The topological polar surface area (TPSA) is 186 Å². The van der Waals surface area contributed by atoms with Gasteiger partial charge in [0.25, 0.3) is 0 Å². The van der Waals surface area contributed by atoms with Gasteiger partial charge in [-0.3, -0.25) is 4.79 Å². The fourth-order valence-corrected chi connectivity index (χ4v) is 2.84. The lowest BCUT2D eigenvalue weighted by molar-refractivity contribution is -0.132. The second kappa shape index (κ2) is 12.1. The highest BCUT2D eigenvalue weighted by atomic mass is 16.5. The maximum Gasteiger partial charge on any atom is 0.404 e. The van der Waals surface area contributed by atoms with Crippen LogP contribution in [0.15, 0.2) is 0 Å². The van der Waals surface area contributed by atoms with Gasteiger partial charge in [-0.1, -0.05) is 0 Å². The van der Waals surface area contributed by atoms with E-state index in [9.17, 15) is 30.0 Å². The molecular weight excluding hydrogens is 362 g/mol. The SMILES string of the molecule is NC(=O)OCC1CCN(C(=O)CCNC[C@H](O)[C@@H](O)[C@H](O)[C@H](O)CO)CC1. The third-order valence-corrected chi connectivity index (χ3v) is 4.62. The standard InChI is InChI=1S/C16H31N3O8/c17-16(26)27-9-10-2-5-19(6-3-10)13(23)1-4-18-7-11(21)14(24)15(25)12(22)8-20/h10-12,14-15,18,20-22,24-25H,1-9H2,(H2,17,26)/t11-,12+,14+,15+/m0/s1. The van der Waals surface area contributed by atoms with Gasteiger partial charge in [0.1, 0.15) is 18.3 Å². The Labute approximate surface area is 157 Å². The summed E-state index contributed by atoms with van der Waals surface area (Å²) in [5, 5.41) is 49.7. The molecule has 1 saturated heterocycles. The molecule has 8 N–H and O–H groups in total. The minimum Gasteiger partial charge on any atom is -0.449 e. The van der Waals surface area contributed by atoms with E-state index in [1.807, 2.05) is 0 Å². The molecule has 11 nitrogen and oxygen atoms in total. The lowest BCUT2D eigenvalue weighted by Gasteiger charge is -2.31. The molecular formula is C16H31N3O8. The van der Waals surface area contributed by atoms with Crippen LogP contribution in [0.25, 0.3) is 0 Å². The van der Waals surface area contributed by atoms with Crippen LogP contribution < -0.4 is 11.1 Å². The maximum absolute atomic E-state index is 12.2. The van der Waals surface area contributed by atoms with Crippen molar-refractivity contribution in [2.75, 3.05) is 39.4 Å². The molecule has 1 heterocycles. The molecule has 0 radical (unpaired) electrons. The summed E-state index contributed by atoms with van der Waals surface area (Å²) in [5.74, 6) is 0.138. The van der Waals surface area contributed by atoms with Gasteiger partial charge >= 0.3 is 6.09 Å². The summed E-state index contributed by atoms with van der Waals surface area (Å²) in [5.41, 5.74) is 4.93. The number of carbonyl (C=O) groups is 2. The molecule has 0 bridgehead atoms. The monoisotopic (exact) mass is 393 g/mol. The van der Waals surface area contributed by atoms with E-state index in [1.165, 1.54) is 0 Å². The van der Waals surface area contributed by atoms with Crippen molar-refractivity contribution in [3.8, 4) is 0 Å². The van der Waals surface area contributed by atoms with Crippen molar-refractivity contribution in [1.29, 1.82) is 0 Å². The number of hydrogen-bond acceptors (Lipinski definition) is 9. The van der Waals surface area contributed by atoms with Gasteiger partial charge in [0.2, 0.25) is 5.91 Å². The molecule has 27 heavy (non-hydrogen) atoms. The van der Waals surface area contributed by atoms with E-state index in [0.29, 0.717) is 13.1 Å². The van der Waals surface area contributed by atoms with E-state index in [1.54, 1.807) is 4.90 Å². The van der Waals surface area contributed by atoms with Crippen LogP contribution in [0.1, 0.15) is 19.3 Å². The second-order valence-corrected chi connectivity index (χ2v) is 6.71. The normalized spacial score (nSPS) is 20.0. The van der Waals surface area contributed by atoms with E-state index in [4.69, 9.17) is 15.6 Å². The molecule has 1 aliphatic heterocycles. The zero-order valence-electron chi connectivity index (χ0n) is 15.2. The third kappa shape index (κ3) is 8.37. The molecule has 158 valence electrons. The number of amides is 2. The van der Waals surface area contributed by atoms with Crippen LogP contribution in [0.4, 0.5) is 4.79 Å². The van der Waals surface area contributed by atoms with E-state index in [0.717, 1.165) is 12.8 Å². The Hall–Kier alpha value is -1.50. The number of nitrogens with zero attached hydrogens (tertiary/aromatic N) is 1. The van der Waals surface area contributed by atoms with E-state index >= 15 is 0 Å². The zero-order chi connectivity index (χ0) is 20.4. The number of primary amides is 1. The largest absolute Gasteiger partial charge is 0.449 e. The van der Waals surface area contributed by atoms with Gasteiger partial charge in [0.05, 0.1) is 19.3 Å². The van der Waals surface area contributed by atoms with Gasteiger partial charge in [-0.05, 0) is 18.8 Å². The molecule has 1 rings (SSSR count). The summed E-state index contributed by atoms with van der Waals surface area (Å²) in [6.45, 7) is 0.840. The van der Waals surface area contributed by atoms with Crippen LogP contribution >= 0.6 is 0 Å². The summed E-state index contributed by atoms with van der Waals surface area (Å²) >= 11 is 0. The highest BCUT2D eigenvalue weighted by Gasteiger charge is 2.29. The smallest absolute Gasteiger partial charge is 0.404 e. The number of hydrogen-bond donors (Lipinski definition) is 7. The van der Waals surface area contributed by atoms with Crippen LogP contribution in [0.5, 0.6) is 0 Å². The van der Waals surface area contributed by atoms with Crippen molar-refractivity contribution in [2.45, 2.75) is 43.7 Å². The number of nitrogens with two attached hydrogens (primary N) is 1. The van der Waals surface area contributed by atoms with Gasteiger partial charge in [-0.15, -0.1) is 0 Å². The quantitative estimate of drug-likeness (QED) is 0.177. The first-order chi connectivity index (χ1) is 12.8. The maximum atomic E-state index is 12.2. The van der Waals surface area contributed by atoms with Crippen molar-refractivity contribution >= 4 is 12.0 Å². The first-order valence-corrected chi connectivity index (χ1v) is 9.00. The summed E-state index contributed by atoms with van der Waals surface area (Å²) in [7, 11) is 0. The predicted octanol–water partition coefficient (Wildman–Crippen LogP) is -3.26.